The van der Waals surface area contributed by atoms with Crippen LogP contribution in [0.3, 0.4) is 0 Å². The first-order chi connectivity index (χ1) is 19.1. The first-order valence-electron chi connectivity index (χ1n) is 13.2. The summed E-state index contributed by atoms with van der Waals surface area (Å²) in [6.45, 7) is 2.60. The molecule has 3 aromatic carbocycles. The molecular weight excluding hydrogens is 553 g/mol. The molecule has 1 aliphatic carbocycles. The Balaban J connectivity index is 1.69. The van der Waals surface area contributed by atoms with E-state index in [2.05, 4.69) is 5.32 Å². The van der Waals surface area contributed by atoms with Crippen LogP contribution in [0.2, 0.25) is 5.02 Å². The predicted molar refractivity (Wildman–Crippen MR) is 154 cm³/mol. The highest BCUT2D eigenvalue weighted by molar-refractivity contribution is 7.92. The van der Waals surface area contributed by atoms with E-state index in [4.69, 9.17) is 11.6 Å². The van der Waals surface area contributed by atoms with E-state index in [0.29, 0.717) is 5.02 Å². The number of hydrogen-bond donors (Lipinski definition) is 1. The molecule has 0 aromatic heterocycles. The topological polar surface area (TPSA) is 86.8 Å². The van der Waals surface area contributed by atoms with Crippen LogP contribution in [-0.2, 0) is 26.2 Å². The number of benzene rings is 3. The van der Waals surface area contributed by atoms with Crippen molar-refractivity contribution in [3.63, 3.8) is 0 Å². The molecule has 0 heterocycles. The van der Waals surface area contributed by atoms with Crippen molar-refractivity contribution in [1.29, 1.82) is 0 Å². The van der Waals surface area contributed by atoms with Gasteiger partial charge in [0.15, 0.2) is 0 Å². The smallest absolute Gasteiger partial charge is 0.264 e. The highest BCUT2D eigenvalue weighted by atomic mass is 35.5. The number of carbonyl (C=O) groups is 2. The van der Waals surface area contributed by atoms with Gasteiger partial charge in [-0.2, -0.15) is 0 Å². The van der Waals surface area contributed by atoms with Crippen molar-refractivity contribution in [2.75, 3.05) is 10.8 Å². The number of carbonyl (C=O) groups excluding carboxylic acids is 2. The molecule has 0 spiro atoms. The molecule has 3 aromatic rings. The van der Waals surface area contributed by atoms with Crippen LogP contribution in [0.4, 0.5) is 10.1 Å². The Bertz CT molecular complexity index is 1460. The summed E-state index contributed by atoms with van der Waals surface area (Å²) >= 11 is 5.98. The molecule has 0 aliphatic heterocycles. The third kappa shape index (κ3) is 7.01. The molecule has 0 radical (unpaired) electrons. The van der Waals surface area contributed by atoms with Crippen LogP contribution in [-0.4, -0.2) is 43.8 Å². The Labute approximate surface area is 240 Å². The average molecular weight is 586 g/mol. The molecule has 212 valence electrons. The van der Waals surface area contributed by atoms with Gasteiger partial charge in [-0.15, -0.1) is 0 Å². The van der Waals surface area contributed by atoms with E-state index < -0.39 is 34.3 Å². The molecule has 2 amide bonds. The normalized spacial score (nSPS) is 14.5. The highest BCUT2D eigenvalue weighted by Crippen LogP contribution is 2.26. The van der Waals surface area contributed by atoms with Gasteiger partial charge >= 0.3 is 0 Å². The number of aryl methyl sites for hydroxylation is 1. The first kappa shape index (κ1) is 29.6. The van der Waals surface area contributed by atoms with Crippen LogP contribution in [0.15, 0.2) is 77.7 Å². The average Bonchev–Trinajstić information content (AvgIpc) is 3.44. The van der Waals surface area contributed by atoms with Crippen LogP contribution in [0, 0.1) is 12.7 Å². The molecule has 0 saturated heterocycles. The number of hydrogen-bond acceptors (Lipinski definition) is 4. The summed E-state index contributed by atoms with van der Waals surface area (Å²) in [7, 11) is -4.21. The van der Waals surface area contributed by atoms with E-state index >= 15 is 0 Å². The van der Waals surface area contributed by atoms with Gasteiger partial charge in [0.05, 0.1) is 10.6 Å². The van der Waals surface area contributed by atoms with Crippen molar-refractivity contribution in [1.82, 2.24) is 10.2 Å². The van der Waals surface area contributed by atoms with Gasteiger partial charge in [0.1, 0.15) is 18.4 Å². The lowest BCUT2D eigenvalue weighted by molar-refractivity contribution is -0.139. The molecule has 7 nitrogen and oxygen atoms in total. The van der Waals surface area contributed by atoms with Crippen LogP contribution >= 0.6 is 11.6 Å². The van der Waals surface area contributed by atoms with E-state index in [0.717, 1.165) is 35.6 Å². The van der Waals surface area contributed by atoms with Gasteiger partial charge in [0.25, 0.3) is 10.0 Å². The van der Waals surface area contributed by atoms with Crippen molar-refractivity contribution in [2.45, 2.75) is 63.1 Å². The Morgan fingerprint density at radius 2 is 1.70 bits per heavy atom. The van der Waals surface area contributed by atoms with Crippen molar-refractivity contribution >= 4 is 39.1 Å². The molecule has 1 saturated carbocycles. The maximum atomic E-state index is 14.7. The molecule has 0 bridgehead atoms. The molecular formula is C30H33ClFN3O4S. The summed E-state index contributed by atoms with van der Waals surface area (Å²) < 4.78 is 43.3. The lowest BCUT2D eigenvalue weighted by Gasteiger charge is -2.32. The summed E-state index contributed by atoms with van der Waals surface area (Å²) in [5, 5.41) is 3.37. The molecule has 1 atom stereocenters. The standard InChI is InChI=1S/C30H33ClFN3O4S/c1-21-8-7-12-26(18-21)35(40(38,39)27-16-14-24(31)15-17-27)20-29(36)34(19-23-9-3-6-13-28(23)32)22(2)30(37)33-25-10-4-5-11-25/h3,6-9,12-18,22,25H,4-5,10-11,19-20H2,1-2H3,(H,33,37). The van der Waals surface area contributed by atoms with Crippen LogP contribution < -0.4 is 9.62 Å². The number of anilines is 1. The van der Waals surface area contributed by atoms with Gasteiger partial charge in [-0.25, -0.2) is 12.8 Å². The zero-order valence-corrected chi connectivity index (χ0v) is 24.1. The first-order valence-corrected chi connectivity index (χ1v) is 15.1. The molecule has 1 N–H and O–H groups in total. The van der Waals surface area contributed by atoms with Crippen LogP contribution in [0.25, 0.3) is 0 Å². The largest absolute Gasteiger partial charge is 0.352 e. The summed E-state index contributed by atoms with van der Waals surface area (Å²) in [6.07, 6.45) is 3.76. The van der Waals surface area contributed by atoms with E-state index in [1.54, 1.807) is 43.3 Å². The monoisotopic (exact) mass is 585 g/mol. The minimum atomic E-state index is -4.21. The molecule has 1 unspecified atom stereocenters. The number of nitrogens with zero attached hydrogens (tertiary/aromatic N) is 2. The van der Waals surface area contributed by atoms with Gasteiger partial charge in [0.2, 0.25) is 11.8 Å². The zero-order valence-electron chi connectivity index (χ0n) is 22.5. The summed E-state index contributed by atoms with van der Waals surface area (Å²) in [5.74, 6) is -1.52. The Morgan fingerprint density at radius 1 is 1.02 bits per heavy atom. The van der Waals surface area contributed by atoms with Gasteiger partial charge < -0.3 is 10.2 Å². The summed E-state index contributed by atoms with van der Waals surface area (Å²) in [6, 6.07) is 17.5. The fraction of sp³-hybridized carbons (Fsp3) is 0.333. The maximum absolute atomic E-state index is 14.7. The predicted octanol–water partition coefficient (Wildman–Crippen LogP) is 5.46. The van der Waals surface area contributed by atoms with Gasteiger partial charge in [-0.1, -0.05) is 54.8 Å². The second-order valence-corrected chi connectivity index (χ2v) is 12.4. The molecule has 4 rings (SSSR count). The van der Waals surface area contributed by atoms with Crippen molar-refractivity contribution in [3.05, 3.63) is 94.8 Å². The second kappa shape index (κ2) is 12.8. The third-order valence-electron chi connectivity index (χ3n) is 7.14. The minimum absolute atomic E-state index is 0.0226. The third-order valence-corrected chi connectivity index (χ3v) is 9.18. The zero-order chi connectivity index (χ0) is 28.9. The van der Waals surface area contributed by atoms with E-state index in [-0.39, 0.29) is 34.6 Å². The minimum Gasteiger partial charge on any atom is -0.352 e. The van der Waals surface area contributed by atoms with Gasteiger partial charge in [-0.3, -0.25) is 13.9 Å². The summed E-state index contributed by atoms with van der Waals surface area (Å²) in [5.41, 5.74) is 1.31. The maximum Gasteiger partial charge on any atom is 0.264 e. The van der Waals surface area contributed by atoms with Crippen LogP contribution in [0.1, 0.15) is 43.7 Å². The lowest BCUT2D eigenvalue weighted by Crippen LogP contribution is -2.52. The molecule has 1 fully saturated rings. The number of amides is 2. The Morgan fingerprint density at radius 3 is 2.35 bits per heavy atom. The number of sulfonamides is 1. The van der Waals surface area contributed by atoms with E-state index in [1.807, 2.05) is 13.0 Å². The molecule has 40 heavy (non-hydrogen) atoms. The molecule has 10 heteroatoms. The van der Waals surface area contributed by atoms with E-state index in [1.165, 1.54) is 35.2 Å². The Kier molecular flexibility index (Phi) is 9.48. The fourth-order valence-electron chi connectivity index (χ4n) is 4.83. The quantitative estimate of drug-likeness (QED) is 0.342. The summed E-state index contributed by atoms with van der Waals surface area (Å²) in [4.78, 5) is 28.4. The lowest BCUT2D eigenvalue weighted by atomic mass is 10.1. The van der Waals surface area contributed by atoms with Gasteiger partial charge in [0, 0.05) is 23.2 Å². The van der Waals surface area contributed by atoms with E-state index in [9.17, 15) is 22.4 Å². The van der Waals surface area contributed by atoms with Crippen molar-refractivity contribution in [2.24, 2.45) is 0 Å². The number of nitrogens with one attached hydrogen (secondary N) is 1. The van der Waals surface area contributed by atoms with Crippen LogP contribution in [0.5, 0.6) is 0 Å². The van der Waals surface area contributed by atoms with Gasteiger partial charge in [-0.05, 0) is 74.7 Å². The van der Waals surface area contributed by atoms with Crippen molar-refractivity contribution < 1.29 is 22.4 Å². The Hall–Kier alpha value is -3.43. The second-order valence-electron chi connectivity index (χ2n) is 10.1. The number of halogens is 2. The fourth-order valence-corrected chi connectivity index (χ4v) is 6.36. The SMILES string of the molecule is Cc1cccc(N(CC(=O)N(Cc2ccccc2F)C(C)C(=O)NC2CCCC2)S(=O)(=O)c2ccc(Cl)cc2)c1. The number of rotatable bonds is 10. The van der Waals surface area contributed by atoms with Crippen molar-refractivity contribution in [3.8, 4) is 0 Å². The molecule has 1 aliphatic rings. The highest BCUT2D eigenvalue weighted by Gasteiger charge is 2.33.